The lowest BCUT2D eigenvalue weighted by Crippen LogP contribution is -2.01. The second kappa shape index (κ2) is 7.70. The molecule has 0 radical (unpaired) electrons. The standard InChI is InChI=1S/C18H18ClNO3/c1-12-5-4-6-15(19)18(12)20-10-9-16(21)14-11-13(22-2)7-8-17(14)23-3/h4-11,20H,1-3H3/b10-9+. The number of methoxy groups -OCH3 is 2. The molecule has 0 aliphatic heterocycles. The molecule has 4 nitrogen and oxygen atoms in total. The predicted molar refractivity (Wildman–Crippen MR) is 92.8 cm³/mol. The maximum absolute atomic E-state index is 12.4. The molecule has 23 heavy (non-hydrogen) atoms. The van der Waals surface area contributed by atoms with E-state index >= 15 is 0 Å². The lowest BCUT2D eigenvalue weighted by atomic mass is 10.1. The van der Waals surface area contributed by atoms with Crippen LogP contribution in [-0.2, 0) is 0 Å². The number of carbonyl (C=O) groups is 1. The van der Waals surface area contributed by atoms with Gasteiger partial charge in [-0.1, -0.05) is 23.7 Å². The fourth-order valence-electron chi connectivity index (χ4n) is 2.11. The number of rotatable bonds is 6. The highest BCUT2D eigenvalue weighted by Crippen LogP contribution is 2.26. The average molecular weight is 332 g/mol. The van der Waals surface area contributed by atoms with Crippen LogP contribution in [0.25, 0.3) is 0 Å². The van der Waals surface area contributed by atoms with Crippen LogP contribution in [0.2, 0.25) is 5.02 Å². The lowest BCUT2D eigenvalue weighted by molar-refractivity contribution is 0.104. The molecule has 0 aliphatic carbocycles. The van der Waals surface area contributed by atoms with Crippen molar-refractivity contribution in [2.45, 2.75) is 6.92 Å². The minimum Gasteiger partial charge on any atom is -0.497 e. The number of ether oxygens (including phenoxy) is 2. The van der Waals surface area contributed by atoms with Gasteiger partial charge in [-0.25, -0.2) is 0 Å². The number of halogens is 1. The fraction of sp³-hybridized carbons (Fsp3) is 0.167. The molecule has 0 aliphatic rings. The van der Waals surface area contributed by atoms with E-state index in [1.54, 1.807) is 37.6 Å². The van der Waals surface area contributed by atoms with E-state index in [1.807, 2.05) is 19.1 Å². The topological polar surface area (TPSA) is 47.6 Å². The molecule has 0 saturated carbocycles. The molecule has 0 fully saturated rings. The average Bonchev–Trinajstić information content (AvgIpc) is 2.56. The first-order valence-electron chi connectivity index (χ1n) is 7.01. The second-order valence-electron chi connectivity index (χ2n) is 4.84. The molecule has 0 saturated heterocycles. The summed E-state index contributed by atoms with van der Waals surface area (Å²) in [4.78, 5) is 12.4. The normalized spacial score (nSPS) is 10.6. The van der Waals surface area contributed by atoms with Gasteiger partial charge in [0.05, 0.1) is 30.5 Å². The Hall–Kier alpha value is -2.46. The quantitative estimate of drug-likeness (QED) is 0.626. The highest BCUT2D eigenvalue weighted by molar-refractivity contribution is 6.33. The van der Waals surface area contributed by atoms with Crippen LogP contribution in [-0.4, -0.2) is 20.0 Å². The van der Waals surface area contributed by atoms with E-state index in [2.05, 4.69) is 5.32 Å². The summed E-state index contributed by atoms with van der Waals surface area (Å²) in [6.07, 6.45) is 3.00. The number of ketones is 1. The number of hydrogen-bond acceptors (Lipinski definition) is 4. The Kier molecular flexibility index (Phi) is 5.66. The monoisotopic (exact) mass is 331 g/mol. The van der Waals surface area contributed by atoms with Crippen LogP contribution in [0.4, 0.5) is 5.69 Å². The van der Waals surface area contributed by atoms with E-state index in [9.17, 15) is 4.79 Å². The Balaban J connectivity index is 2.19. The van der Waals surface area contributed by atoms with Crippen molar-refractivity contribution in [1.29, 1.82) is 0 Å². The van der Waals surface area contributed by atoms with Crippen molar-refractivity contribution in [2.75, 3.05) is 19.5 Å². The summed E-state index contributed by atoms with van der Waals surface area (Å²) in [5.74, 6) is 0.893. The first kappa shape index (κ1) is 16.9. The molecule has 0 spiro atoms. The van der Waals surface area contributed by atoms with Crippen molar-refractivity contribution >= 4 is 23.1 Å². The van der Waals surface area contributed by atoms with Gasteiger partial charge >= 0.3 is 0 Å². The van der Waals surface area contributed by atoms with Crippen LogP contribution in [0.3, 0.4) is 0 Å². The van der Waals surface area contributed by atoms with Crippen LogP contribution in [0.1, 0.15) is 15.9 Å². The Morgan fingerprint density at radius 3 is 2.61 bits per heavy atom. The number of nitrogens with one attached hydrogen (secondary N) is 1. The summed E-state index contributed by atoms with van der Waals surface area (Å²) >= 11 is 6.13. The summed E-state index contributed by atoms with van der Waals surface area (Å²) < 4.78 is 10.4. The molecule has 0 bridgehead atoms. The Bertz CT molecular complexity index is 721. The smallest absolute Gasteiger partial charge is 0.191 e. The third-order valence-electron chi connectivity index (χ3n) is 3.36. The molecule has 2 aromatic carbocycles. The molecule has 2 rings (SSSR count). The number of benzene rings is 2. The van der Waals surface area contributed by atoms with Gasteiger partial charge in [0.25, 0.3) is 0 Å². The molecule has 0 atom stereocenters. The van der Waals surface area contributed by atoms with Gasteiger partial charge in [-0.05, 0) is 36.8 Å². The van der Waals surface area contributed by atoms with Crippen molar-refractivity contribution in [3.8, 4) is 11.5 Å². The Labute approximate surface area is 140 Å². The van der Waals surface area contributed by atoms with E-state index in [0.717, 1.165) is 11.3 Å². The molecule has 0 heterocycles. The first-order chi connectivity index (χ1) is 11.1. The Morgan fingerprint density at radius 1 is 1.17 bits per heavy atom. The Morgan fingerprint density at radius 2 is 1.96 bits per heavy atom. The third-order valence-corrected chi connectivity index (χ3v) is 3.67. The van der Waals surface area contributed by atoms with Gasteiger partial charge in [-0.2, -0.15) is 0 Å². The summed E-state index contributed by atoms with van der Waals surface area (Å²) in [6.45, 7) is 1.94. The van der Waals surface area contributed by atoms with Crippen LogP contribution in [0, 0.1) is 6.92 Å². The number of aryl methyl sites for hydroxylation is 1. The molecule has 2 aromatic rings. The van der Waals surface area contributed by atoms with Crippen molar-refractivity contribution in [2.24, 2.45) is 0 Å². The highest BCUT2D eigenvalue weighted by Gasteiger charge is 2.11. The largest absolute Gasteiger partial charge is 0.497 e. The SMILES string of the molecule is COc1ccc(OC)c(C(=O)/C=C/Nc2c(C)cccc2Cl)c1. The summed E-state index contributed by atoms with van der Waals surface area (Å²) in [7, 11) is 3.07. The molecule has 5 heteroatoms. The van der Waals surface area contributed by atoms with Crippen molar-refractivity contribution in [3.05, 3.63) is 64.8 Å². The van der Waals surface area contributed by atoms with Crippen LogP contribution in [0.15, 0.2) is 48.7 Å². The van der Waals surface area contributed by atoms with E-state index in [4.69, 9.17) is 21.1 Å². The maximum Gasteiger partial charge on any atom is 0.191 e. The van der Waals surface area contributed by atoms with Gasteiger partial charge in [-0.3, -0.25) is 4.79 Å². The number of carbonyl (C=O) groups excluding carboxylic acids is 1. The summed E-state index contributed by atoms with van der Waals surface area (Å²) in [5.41, 5.74) is 2.20. The van der Waals surface area contributed by atoms with Crippen LogP contribution in [0.5, 0.6) is 11.5 Å². The number of hydrogen-bond donors (Lipinski definition) is 1. The number of para-hydroxylation sites is 1. The summed E-state index contributed by atoms with van der Waals surface area (Å²) in [6, 6.07) is 10.7. The van der Waals surface area contributed by atoms with Crippen LogP contribution < -0.4 is 14.8 Å². The zero-order valence-corrected chi connectivity index (χ0v) is 14.0. The minimum absolute atomic E-state index is 0.196. The molecule has 1 N–H and O–H groups in total. The van der Waals surface area contributed by atoms with Gasteiger partial charge in [0.15, 0.2) is 5.78 Å². The van der Waals surface area contributed by atoms with Crippen LogP contribution >= 0.6 is 11.6 Å². The summed E-state index contributed by atoms with van der Waals surface area (Å²) in [5, 5.41) is 3.64. The van der Waals surface area contributed by atoms with Gasteiger partial charge < -0.3 is 14.8 Å². The molecule has 0 unspecified atom stereocenters. The van der Waals surface area contributed by atoms with E-state index < -0.39 is 0 Å². The van der Waals surface area contributed by atoms with Crippen molar-refractivity contribution < 1.29 is 14.3 Å². The maximum atomic E-state index is 12.4. The predicted octanol–water partition coefficient (Wildman–Crippen LogP) is 4.47. The number of allylic oxidation sites excluding steroid dienone is 1. The van der Waals surface area contributed by atoms with Gasteiger partial charge in [-0.15, -0.1) is 0 Å². The zero-order valence-electron chi connectivity index (χ0n) is 13.2. The minimum atomic E-state index is -0.196. The van der Waals surface area contributed by atoms with E-state index in [0.29, 0.717) is 22.1 Å². The second-order valence-corrected chi connectivity index (χ2v) is 5.25. The number of anilines is 1. The third kappa shape index (κ3) is 4.05. The van der Waals surface area contributed by atoms with E-state index in [-0.39, 0.29) is 5.78 Å². The molecular weight excluding hydrogens is 314 g/mol. The van der Waals surface area contributed by atoms with Gasteiger partial charge in [0.1, 0.15) is 11.5 Å². The fourth-order valence-corrected chi connectivity index (χ4v) is 2.39. The van der Waals surface area contributed by atoms with Gasteiger partial charge in [0.2, 0.25) is 0 Å². The zero-order chi connectivity index (χ0) is 16.8. The van der Waals surface area contributed by atoms with Gasteiger partial charge in [0, 0.05) is 12.3 Å². The molecule has 120 valence electrons. The molecular formula is C18H18ClNO3. The lowest BCUT2D eigenvalue weighted by Gasteiger charge is -2.09. The van der Waals surface area contributed by atoms with Crippen molar-refractivity contribution in [1.82, 2.24) is 0 Å². The highest BCUT2D eigenvalue weighted by atomic mass is 35.5. The molecule has 0 aromatic heterocycles. The van der Waals surface area contributed by atoms with E-state index in [1.165, 1.54) is 13.2 Å². The first-order valence-corrected chi connectivity index (χ1v) is 7.39. The van der Waals surface area contributed by atoms with Crippen molar-refractivity contribution in [3.63, 3.8) is 0 Å². The molecule has 0 amide bonds.